The van der Waals surface area contributed by atoms with Gasteiger partial charge in [-0.25, -0.2) is 0 Å². The van der Waals surface area contributed by atoms with Crippen molar-refractivity contribution >= 4 is 0 Å². The van der Waals surface area contributed by atoms with Gasteiger partial charge in [-0.3, -0.25) is 0 Å². The summed E-state index contributed by atoms with van der Waals surface area (Å²) in [5.41, 5.74) is 5.68. The summed E-state index contributed by atoms with van der Waals surface area (Å²) in [6, 6.07) is 0.287. The summed E-state index contributed by atoms with van der Waals surface area (Å²) in [7, 11) is 0. The maximum absolute atomic E-state index is 5.68. The van der Waals surface area contributed by atoms with E-state index >= 15 is 0 Å². The molecular formula is C8H13N. The third-order valence-corrected chi connectivity index (χ3v) is 1.49. The minimum atomic E-state index is 0.287. The fourth-order valence-corrected chi connectivity index (χ4v) is 0.931. The molecule has 0 aromatic carbocycles. The first-order valence-corrected chi connectivity index (χ1v) is 3.47. The topological polar surface area (TPSA) is 26.0 Å². The molecule has 1 nitrogen and oxygen atoms in total. The highest BCUT2D eigenvalue weighted by atomic mass is 14.6. The molecule has 0 heterocycles. The van der Waals surface area contributed by atoms with Crippen LogP contribution in [0.1, 0.15) is 19.3 Å². The molecule has 0 aliphatic heterocycles. The first kappa shape index (κ1) is 6.56. The molecule has 0 saturated heterocycles. The van der Waals surface area contributed by atoms with Gasteiger partial charge < -0.3 is 5.73 Å². The predicted molar refractivity (Wildman–Crippen MR) is 40.1 cm³/mol. The zero-order valence-electron chi connectivity index (χ0n) is 5.59. The van der Waals surface area contributed by atoms with Gasteiger partial charge in [0.2, 0.25) is 0 Å². The van der Waals surface area contributed by atoms with E-state index < -0.39 is 0 Å². The molecule has 0 aromatic heterocycles. The molecule has 0 radical (unpaired) electrons. The number of hydrogen-bond acceptors (Lipinski definition) is 1. The van der Waals surface area contributed by atoms with Gasteiger partial charge >= 0.3 is 0 Å². The Hall–Kier alpha value is -0.560. The van der Waals surface area contributed by atoms with Crippen molar-refractivity contribution in [2.45, 2.75) is 25.3 Å². The number of allylic oxidation sites excluding steroid dienone is 3. The second kappa shape index (κ2) is 3.46. The molecule has 0 aromatic rings. The van der Waals surface area contributed by atoms with Gasteiger partial charge in [0.25, 0.3) is 0 Å². The van der Waals surface area contributed by atoms with Crippen LogP contribution in [-0.4, -0.2) is 6.04 Å². The second-order valence-electron chi connectivity index (χ2n) is 2.38. The van der Waals surface area contributed by atoms with Gasteiger partial charge in [-0.1, -0.05) is 24.3 Å². The van der Waals surface area contributed by atoms with E-state index in [-0.39, 0.29) is 6.04 Å². The second-order valence-corrected chi connectivity index (χ2v) is 2.38. The lowest BCUT2D eigenvalue weighted by molar-refractivity contribution is 0.727. The molecule has 1 aliphatic rings. The quantitative estimate of drug-likeness (QED) is 0.486. The van der Waals surface area contributed by atoms with Crippen LogP contribution in [0.2, 0.25) is 0 Å². The fourth-order valence-electron chi connectivity index (χ4n) is 0.931. The highest BCUT2D eigenvalue weighted by Gasteiger charge is 1.95. The fraction of sp³-hybridized carbons (Fsp3) is 0.500. The largest absolute Gasteiger partial charge is 0.324 e. The van der Waals surface area contributed by atoms with E-state index in [0.29, 0.717) is 0 Å². The van der Waals surface area contributed by atoms with Gasteiger partial charge in [-0.15, -0.1) is 0 Å². The third kappa shape index (κ3) is 2.47. The van der Waals surface area contributed by atoms with Gasteiger partial charge in [-0.2, -0.15) is 0 Å². The standard InChI is InChI=1S/C8H13N/c9-8-6-4-2-1-3-5-7-8/h1-2,5,7-8H,3-4,6,9H2/b2-1-,7-5-. The average molecular weight is 123 g/mol. The Morgan fingerprint density at radius 1 is 1.22 bits per heavy atom. The Balaban J connectivity index is 2.40. The Kier molecular flexibility index (Phi) is 2.52. The maximum Gasteiger partial charge on any atom is 0.0226 e. The first-order chi connectivity index (χ1) is 4.39. The van der Waals surface area contributed by atoms with Crippen LogP contribution in [-0.2, 0) is 0 Å². The van der Waals surface area contributed by atoms with Gasteiger partial charge in [0, 0.05) is 6.04 Å². The monoisotopic (exact) mass is 123 g/mol. The van der Waals surface area contributed by atoms with E-state index in [1.54, 1.807) is 0 Å². The van der Waals surface area contributed by atoms with Crippen molar-refractivity contribution < 1.29 is 0 Å². The molecule has 0 saturated carbocycles. The van der Waals surface area contributed by atoms with Crippen molar-refractivity contribution in [1.29, 1.82) is 0 Å². The smallest absolute Gasteiger partial charge is 0.0226 e. The highest BCUT2D eigenvalue weighted by molar-refractivity contribution is 5.00. The minimum absolute atomic E-state index is 0.287. The summed E-state index contributed by atoms with van der Waals surface area (Å²) in [4.78, 5) is 0. The van der Waals surface area contributed by atoms with E-state index in [9.17, 15) is 0 Å². The van der Waals surface area contributed by atoms with Gasteiger partial charge in [0.05, 0.1) is 0 Å². The van der Waals surface area contributed by atoms with Crippen LogP contribution in [0.5, 0.6) is 0 Å². The number of rotatable bonds is 0. The summed E-state index contributed by atoms with van der Waals surface area (Å²) < 4.78 is 0. The molecule has 0 bridgehead atoms. The van der Waals surface area contributed by atoms with E-state index in [1.807, 2.05) is 0 Å². The van der Waals surface area contributed by atoms with Crippen molar-refractivity contribution in [2.24, 2.45) is 5.73 Å². The summed E-state index contributed by atoms with van der Waals surface area (Å²) >= 11 is 0. The number of hydrogen-bond donors (Lipinski definition) is 1. The predicted octanol–water partition coefficient (Wildman–Crippen LogP) is 1.61. The van der Waals surface area contributed by atoms with Crippen molar-refractivity contribution in [3.05, 3.63) is 24.3 Å². The molecule has 0 spiro atoms. The number of nitrogens with two attached hydrogens (primary N) is 1. The average Bonchev–Trinajstić information content (AvgIpc) is 1.79. The van der Waals surface area contributed by atoms with Gasteiger partial charge in [0.15, 0.2) is 0 Å². The van der Waals surface area contributed by atoms with Crippen molar-refractivity contribution in [3.8, 4) is 0 Å². The summed E-state index contributed by atoms with van der Waals surface area (Å²) in [5.74, 6) is 0. The third-order valence-electron chi connectivity index (χ3n) is 1.49. The van der Waals surface area contributed by atoms with Crippen LogP contribution in [0.3, 0.4) is 0 Å². The van der Waals surface area contributed by atoms with Crippen LogP contribution in [0.25, 0.3) is 0 Å². The summed E-state index contributed by atoms with van der Waals surface area (Å²) in [6.45, 7) is 0. The van der Waals surface area contributed by atoms with E-state index in [2.05, 4.69) is 24.3 Å². The molecule has 1 heteroatoms. The Bertz CT molecular complexity index is 125. The van der Waals surface area contributed by atoms with Crippen molar-refractivity contribution in [2.75, 3.05) is 0 Å². The lowest BCUT2D eigenvalue weighted by atomic mass is 10.1. The zero-order chi connectivity index (χ0) is 6.53. The Morgan fingerprint density at radius 3 is 3.00 bits per heavy atom. The maximum atomic E-state index is 5.68. The van der Waals surface area contributed by atoms with Crippen molar-refractivity contribution in [1.82, 2.24) is 0 Å². The van der Waals surface area contributed by atoms with E-state index in [1.165, 1.54) is 0 Å². The van der Waals surface area contributed by atoms with Crippen LogP contribution in [0.4, 0.5) is 0 Å². The molecule has 0 amide bonds. The normalized spacial score (nSPS) is 34.6. The lowest BCUT2D eigenvalue weighted by Gasteiger charge is -2.04. The van der Waals surface area contributed by atoms with Crippen LogP contribution >= 0.6 is 0 Å². The molecule has 9 heavy (non-hydrogen) atoms. The van der Waals surface area contributed by atoms with Crippen LogP contribution in [0.15, 0.2) is 24.3 Å². The first-order valence-electron chi connectivity index (χ1n) is 3.47. The van der Waals surface area contributed by atoms with E-state index in [4.69, 9.17) is 5.73 Å². The molecule has 1 atom stereocenters. The molecule has 1 aliphatic carbocycles. The molecule has 1 unspecified atom stereocenters. The van der Waals surface area contributed by atoms with Gasteiger partial charge in [0.1, 0.15) is 0 Å². The molecule has 50 valence electrons. The Morgan fingerprint density at radius 2 is 2.11 bits per heavy atom. The summed E-state index contributed by atoms with van der Waals surface area (Å²) in [5, 5.41) is 0. The highest BCUT2D eigenvalue weighted by Crippen LogP contribution is 2.02. The summed E-state index contributed by atoms with van der Waals surface area (Å²) in [6.07, 6.45) is 11.9. The van der Waals surface area contributed by atoms with E-state index in [0.717, 1.165) is 19.3 Å². The van der Waals surface area contributed by atoms with Crippen LogP contribution < -0.4 is 5.73 Å². The molecule has 0 fully saturated rings. The zero-order valence-corrected chi connectivity index (χ0v) is 5.59. The Labute approximate surface area is 56.2 Å². The van der Waals surface area contributed by atoms with Crippen LogP contribution in [0, 0.1) is 0 Å². The SMILES string of the molecule is NC1/C=C\C/C=C\CC1. The van der Waals surface area contributed by atoms with Crippen molar-refractivity contribution in [3.63, 3.8) is 0 Å². The minimum Gasteiger partial charge on any atom is -0.324 e. The molecule has 1 rings (SSSR count). The van der Waals surface area contributed by atoms with Gasteiger partial charge in [-0.05, 0) is 19.3 Å². The molecule has 2 N–H and O–H groups in total. The molecular weight excluding hydrogens is 110 g/mol. The lowest BCUT2D eigenvalue weighted by Crippen LogP contribution is -2.16.